The molecule has 0 aliphatic carbocycles. The molecule has 0 aliphatic heterocycles. The number of hydroxylamine groups is 1. The van der Waals surface area contributed by atoms with Crippen molar-refractivity contribution in [2.75, 3.05) is 27.4 Å². The highest BCUT2D eigenvalue weighted by molar-refractivity contribution is 5.82. The van der Waals surface area contributed by atoms with E-state index in [1.807, 2.05) is 12.4 Å². The van der Waals surface area contributed by atoms with Gasteiger partial charge in [0.05, 0.1) is 25.7 Å². The molecule has 122 valence electrons. The van der Waals surface area contributed by atoms with Gasteiger partial charge in [0.2, 0.25) is 5.91 Å². The first-order chi connectivity index (χ1) is 10.0. The van der Waals surface area contributed by atoms with Crippen LogP contribution in [-0.4, -0.2) is 51.3 Å². The lowest BCUT2D eigenvalue weighted by atomic mass is 10.2. The molecule has 0 bridgehead atoms. The second-order valence-corrected chi connectivity index (χ2v) is 4.42. The van der Waals surface area contributed by atoms with Crippen LogP contribution in [0.3, 0.4) is 0 Å². The molecular formula is C13H24N2O6. The van der Waals surface area contributed by atoms with Gasteiger partial charge in [-0.1, -0.05) is 6.92 Å². The first-order valence-corrected chi connectivity index (χ1v) is 6.79. The summed E-state index contributed by atoms with van der Waals surface area (Å²) in [7, 11) is 3.04. The van der Waals surface area contributed by atoms with Crippen molar-refractivity contribution in [1.82, 2.24) is 10.8 Å². The Labute approximate surface area is 124 Å². The van der Waals surface area contributed by atoms with Gasteiger partial charge in [0.25, 0.3) is 5.91 Å². The molecular weight excluding hydrogens is 280 g/mol. The van der Waals surface area contributed by atoms with E-state index >= 15 is 0 Å². The van der Waals surface area contributed by atoms with Gasteiger partial charge >= 0.3 is 5.97 Å². The largest absolute Gasteiger partial charge is 0.382 e. The summed E-state index contributed by atoms with van der Waals surface area (Å²) in [4.78, 5) is 38.6. The molecule has 0 saturated carbocycles. The van der Waals surface area contributed by atoms with Gasteiger partial charge in [-0.05, 0) is 6.42 Å². The number of nitrogens with one attached hydrogen (secondary N) is 2. The lowest BCUT2D eigenvalue weighted by Gasteiger charge is -2.16. The van der Waals surface area contributed by atoms with Crippen molar-refractivity contribution in [3.05, 3.63) is 0 Å². The molecule has 2 amide bonds. The number of amides is 2. The Morgan fingerprint density at radius 3 is 2.10 bits per heavy atom. The van der Waals surface area contributed by atoms with Crippen LogP contribution in [0, 0.1) is 0 Å². The molecule has 2 N–H and O–H groups in total. The summed E-state index contributed by atoms with van der Waals surface area (Å²) in [6, 6.07) is -0.271. The summed E-state index contributed by atoms with van der Waals surface area (Å²) in [6.45, 7) is 2.47. The van der Waals surface area contributed by atoms with Crippen molar-refractivity contribution >= 4 is 17.8 Å². The number of hydrogen-bond donors (Lipinski definition) is 2. The van der Waals surface area contributed by atoms with E-state index in [-0.39, 0.29) is 37.1 Å². The Hall–Kier alpha value is -1.67. The summed E-state index contributed by atoms with van der Waals surface area (Å²) in [6.07, 6.45) is 0.785. The Bertz CT molecular complexity index is 329. The van der Waals surface area contributed by atoms with Crippen LogP contribution in [0.15, 0.2) is 0 Å². The van der Waals surface area contributed by atoms with Gasteiger partial charge in [-0.2, -0.15) is 5.48 Å². The Morgan fingerprint density at radius 1 is 0.952 bits per heavy atom. The van der Waals surface area contributed by atoms with Gasteiger partial charge in [0.1, 0.15) is 0 Å². The Morgan fingerprint density at radius 2 is 1.57 bits per heavy atom. The number of methoxy groups -OCH3 is 2. The lowest BCUT2D eigenvalue weighted by Crippen LogP contribution is -2.41. The minimum atomic E-state index is -0.662. The second kappa shape index (κ2) is 12.1. The number of carbonyl (C=O) groups excluding carboxylic acids is 3. The average Bonchev–Trinajstić information content (AvgIpc) is 2.44. The topological polar surface area (TPSA) is 103 Å². The number of ether oxygens (including phenoxy) is 2. The molecule has 0 saturated heterocycles. The van der Waals surface area contributed by atoms with E-state index in [1.165, 1.54) is 14.2 Å². The summed E-state index contributed by atoms with van der Waals surface area (Å²) in [5.74, 6) is -1.34. The minimum Gasteiger partial charge on any atom is -0.382 e. The summed E-state index contributed by atoms with van der Waals surface area (Å²) < 4.78 is 9.87. The Kier molecular flexibility index (Phi) is 11.1. The molecule has 0 unspecified atom stereocenters. The second-order valence-electron chi connectivity index (χ2n) is 4.42. The SMILES string of the molecule is CCCC(=O)NOC(=O)CCC(=O)NC(COC)COC. The van der Waals surface area contributed by atoms with Crippen LogP contribution in [0.5, 0.6) is 0 Å². The predicted octanol–water partition coefficient (Wildman–Crippen LogP) is -0.0813. The van der Waals surface area contributed by atoms with Crippen molar-refractivity contribution in [1.29, 1.82) is 0 Å². The highest BCUT2D eigenvalue weighted by Crippen LogP contribution is 1.95. The molecule has 0 fully saturated rings. The van der Waals surface area contributed by atoms with Gasteiger partial charge in [0, 0.05) is 27.1 Å². The molecule has 0 aliphatic rings. The molecule has 0 spiro atoms. The molecule has 8 nitrogen and oxygen atoms in total. The number of hydrogen-bond acceptors (Lipinski definition) is 6. The van der Waals surface area contributed by atoms with E-state index < -0.39 is 5.97 Å². The fourth-order valence-electron chi connectivity index (χ4n) is 1.49. The molecule has 0 heterocycles. The Balaban J connectivity index is 3.89. The van der Waals surface area contributed by atoms with Crippen molar-refractivity contribution in [2.45, 2.75) is 38.6 Å². The molecule has 8 heteroatoms. The fraction of sp³-hybridized carbons (Fsp3) is 0.769. The van der Waals surface area contributed by atoms with Gasteiger partial charge in [-0.25, -0.2) is 4.79 Å². The van der Waals surface area contributed by atoms with E-state index in [0.29, 0.717) is 19.6 Å². The zero-order valence-electron chi connectivity index (χ0n) is 12.8. The third-order valence-electron chi connectivity index (χ3n) is 2.41. The highest BCUT2D eigenvalue weighted by atomic mass is 16.7. The van der Waals surface area contributed by atoms with Crippen LogP contribution in [0.1, 0.15) is 32.6 Å². The van der Waals surface area contributed by atoms with E-state index in [1.54, 1.807) is 0 Å². The van der Waals surface area contributed by atoms with Crippen LogP contribution in [0.4, 0.5) is 0 Å². The van der Waals surface area contributed by atoms with E-state index in [0.717, 1.165) is 0 Å². The van der Waals surface area contributed by atoms with Gasteiger partial charge in [-0.3, -0.25) is 9.59 Å². The van der Waals surface area contributed by atoms with Crippen LogP contribution >= 0.6 is 0 Å². The van der Waals surface area contributed by atoms with Crippen molar-refractivity contribution in [2.24, 2.45) is 0 Å². The van der Waals surface area contributed by atoms with Crippen molar-refractivity contribution in [3.63, 3.8) is 0 Å². The van der Waals surface area contributed by atoms with Gasteiger partial charge in [-0.15, -0.1) is 0 Å². The van der Waals surface area contributed by atoms with E-state index in [4.69, 9.17) is 9.47 Å². The molecule has 0 aromatic carbocycles. The zero-order valence-corrected chi connectivity index (χ0v) is 12.8. The van der Waals surface area contributed by atoms with Crippen LogP contribution < -0.4 is 10.8 Å². The molecule has 21 heavy (non-hydrogen) atoms. The molecule has 0 aromatic heterocycles. The van der Waals surface area contributed by atoms with Gasteiger partial charge < -0.3 is 19.6 Å². The summed E-state index contributed by atoms with van der Waals surface area (Å²) in [5.41, 5.74) is 2.03. The quantitative estimate of drug-likeness (QED) is 0.547. The third kappa shape index (κ3) is 10.7. The maximum atomic E-state index is 11.6. The zero-order chi connectivity index (χ0) is 16.1. The number of carbonyl (C=O) groups is 3. The van der Waals surface area contributed by atoms with Crippen molar-refractivity contribution in [3.8, 4) is 0 Å². The molecule has 0 radical (unpaired) electrons. The first kappa shape index (κ1) is 19.3. The lowest BCUT2D eigenvalue weighted by molar-refractivity contribution is -0.158. The van der Waals surface area contributed by atoms with E-state index in [9.17, 15) is 14.4 Å². The fourth-order valence-corrected chi connectivity index (χ4v) is 1.49. The smallest absolute Gasteiger partial charge is 0.332 e. The third-order valence-corrected chi connectivity index (χ3v) is 2.41. The average molecular weight is 304 g/mol. The van der Waals surface area contributed by atoms with Crippen LogP contribution in [0.25, 0.3) is 0 Å². The van der Waals surface area contributed by atoms with Gasteiger partial charge in [0.15, 0.2) is 0 Å². The highest BCUT2D eigenvalue weighted by Gasteiger charge is 2.14. The monoisotopic (exact) mass is 304 g/mol. The van der Waals surface area contributed by atoms with E-state index in [2.05, 4.69) is 10.2 Å². The summed E-state index contributed by atoms with van der Waals surface area (Å²) >= 11 is 0. The minimum absolute atomic E-state index is 0.0353. The van der Waals surface area contributed by atoms with Crippen LogP contribution in [0.2, 0.25) is 0 Å². The predicted molar refractivity (Wildman–Crippen MR) is 74.1 cm³/mol. The molecule has 0 rings (SSSR count). The number of rotatable bonds is 10. The summed E-state index contributed by atoms with van der Waals surface area (Å²) in [5, 5.41) is 2.68. The van der Waals surface area contributed by atoms with Crippen LogP contribution in [-0.2, 0) is 28.7 Å². The standard InChI is InChI=1S/C13H24N2O6/c1-4-5-12(17)15-21-13(18)7-6-11(16)14-10(8-19-2)9-20-3/h10H,4-9H2,1-3H3,(H,14,16)(H,15,17). The molecule has 0 aromatic rings. The maximum absolute atomic E-state index is 11.6. The molecule has 0 atom stereocenters. The van der Waals surface area contributed by atoms with Crippen molar-refractivity contribution < 1.29 is 28.7 Å². The maximum Gasteiger partial charge on any atom is 0.332 e. The first-order valence-electron chi connectivity index (χ1n) is 6.79. The normalized spacial score (nSPS) is 10.3.